The van der Waals surface area contributed by atoms with Gasteiger partial charge in [-0.25, -0.2) is 8.42 Å². The number of benzene rings is 1. The normalized spacial score (nSPS) is 23.9. The maximum atomic E-state index is 13.9. The van der Waals surface area contributed by atoms with Crippen molar-refractivity contribution >= 4 is 15.7 Å². The zero-order chi connectivity index (χ0) is 24.9. The van der Waals surface area contributed by atoms with Crippen LogP contribution < -0.4 is 5.32 Å². The van der Waals surface area contributed by atoms with E-state index in [0.717, 1.165) is 12.1 Å². The number of methoxy groups -OCH3 is 1. The number of nitrogens with one attached hydrogen (secondary N) is 1. The summed E-state index contributed by atoms with van der Waals surface area (Å²) in [5, 5.41) is 14.5. The Hall–Kier alpha value is -2.91. The second-order valence-electron chi connectivity index (χ2n) is 8.81. The third kappa shape index (κ3) is 4.42. The Bertz CT molecular complexity index is 1260. The molecule has 182 valence electrons. The predicted molar refractivity (Wildman–Crippen MR) is 114 cm³/mol. The molecule has 2 aliphatic carbocycles. The van der Waals surface area contributed by atoms with Crippen molar-refractivity contribution in [2.24, 2.45) is 13.0 Å². The van der Waals surface area contributed by atoms with Gasteiger partial charge in [-0.05, 0) is 43.4 Å². The number of halogens is 3. The van der Waals surface area contributed by atoms with Crippen molar-refractivity contribution in [3.63, 3.8) is 0 Å². The summed E-state index contributed by atoms with van der Waals surface area (Å²) in [6.45, 7) is 0. The molecule has 1 heterocycles. The summed E-state index contributed by atoms with van der Waals surface area (Å²) in [5.74, 6) is -1.41. The van der Waals surface area contributed by atoms with Crippen LogP contribution in [0.15, 0.2) is 35.5 Å². The van der Waals surface area contributed by atoms with Crippen LogP contribution in [-0.4, -0.2) is 48.1 Å². The van der Waals surface area contributed by atoms with E-state index in [1.54, 1.807) is 7.05 Å². The Morgan fingerprint density at radius 2 is 2.00 bits per heavy atom. The average molecular weight is 497 g/mol. The van der Waals surface area contributed by atoms with Crippen LogP contribution >= 0.6 is 0 Å². The Kier molecular flexibility index (Phi) is 5.98. The van der Waals surface area contributed by atoms with Crippen molar-refractivity contribution in [2.45, 2.75) is 53.6 Å². The molecule has 2 aromatic rings. The summed E-state index contributed by atoms with van der Waals surface area (Å²) in [4.78, 5) is 11.9. The van der Waals surface area contributed by atoms with E-state index in [1.165, 1.54) is 30.3 Å². The summed E-state index contributed by atoms with van der Waals surface area (Å²) < 4.78 is 75.3. The van der Waals surface area contributed by atoms with E-state index in [4.69, 9.17) is 4.74 Å². The molecule has 4 rings (SSSR count). The highest BCUT2D eigenvalue weighted by atomic mass is 32.2. The van der Waals surface area contributed by atoms with E-state index >= 15 is 0 Å². The number of carbonyl (C=O) groups excluding carboxylic acids is 1. The molecule has 1 amide bonds. The highest BCUT2D eigenvalue weighted by Crippen LogP contribution is 2.43. The van der Waals surface area contributed by atoms with Gasteiger partial charge >= 0.3 is 6.18 Å². The minimum Gasteiger partial charge on any atom is -0.381 e. The van der Waals surface area contributed by atoms with Crippen LogP contribution in [0.1, 0.15) is 31.2 Å². The second-order valence-corrected chi connectivity index (χ2v) is 11.0. The van der Waals surface area contributed by atoms with Crippen molar-refractivity contribution in [3.05, 3.63) is 36.2 Å². The third-order valence-corrected chi connectivity index (χ3v) is 8.73. The van der Waals surface area contributed by atoms with Gasteiger partial charge in [-0.15, -0.1) is 0 Å². The molecule has 2 saturated carbocycles. The number of nitrogens with zero attached hydrogens (tertiary/aromatic N) is 3. The van der Waals surface area contributed by atoms with Crippen LogP contribution in [0, 0.1) is 17.2 Å². The van der Waals surface area contributed by atoms with Crippen molar-refractivity contribution in [3.8, 4) is 17.2 Å². The summed E-state index contributed by atoms with van der Waals surface area (Å²) in [5.41, 5.74) is -1.61. The smallest absolute Gasteiger partial charge is 0.381 e. The number of aromatic nitrogens is 2. The van der Waals surface area contributed by atoms with Crippen LogP contribution in [0.3, 0.4) is 0 Å². The molecule has 3 atom stereocenters. The molecule has 2 aliphatic rings. The van der Waals surface area contributed by atoms with Gasteiger partial charge in [0.25, 0.3) is 0 Å². The fourth-order valence-corrected chi connectivity index (χ4v) is 6.39. The molecule has 8 nitrogen and oxygen atoms in total. The second kappa shape index (κ2) is 8.39. The largest absolute Gasteiger partial charge is 0.417 e. The fourth-order valence-electron chi connectivity index (χ4n) is 4.39. The quantitative estimate of drug-likeness (QED) is 0.658. The molecule has 12 heteroatoms. The van der Waals surface area contributed by atoms with Crippen LogP contribution in [0.2, 0.25) is 0 Å². The highest BCUT2D eigenvalue weighted by molar-refractivity contribution is 7.92. The van der Waals surface area contributed by atoms with E-state index in [-0.39, 0.29) is 18.4 Å². The molecule has 2 fully saturated rings. The molecule has 34 heavy (non-hydrogen) atoms. The van der Waals surface area contributed by atoms with Crippen molar-refractivity contribution in [2.75, 3.05) is 7.11 Å². The standard InChI is InChI=1S/C22H23F3N4O4S/c1-29-11-14(10-27-29)13-3-4-19(17(7-13)22(23,24)25)34(31,32)15-8-16(18(9-15)33-2)20(30)28-21(12-26)5-6-21/h3-4,7,10-11,15-16,18H,5-6,8-9H2,1-2H3,(H,28,30)/t15-,16-,18-/m0/s1. The molecule has 0 saturated heterocycles. The Balaban J connectivity index is 1.66. The molecule has 0 radical (unpaired) electrons. The van der Waals surface area contributed by atoms with Gasteiger partial charge in [0.15, 0.2) is 9.84 Å². The number of hydrogen-bond acceptors (Lipinski definition) is 6. The molecule has 0 bridgehead atoms. The lowest BCUT2D eigenvalue weighted by molar-refractivity contribution is -0.139. The molecule has 0 spiro atoms. The van der Waals surface area contributed by atoms with E-state index in [0.29, 0.717) is 18.4 Å². The molecule has 1 aromatic carbocycles. The van der Waals surface area contributed by atoms with Crippen LogP contribution in [0.25, 0.3) is 11.1 Å². The van der Waals surface area contributed by atoms with Gasteiger partial charge in [-0.3, -0.25) is 9.48 Å². The average Bonchev–Trinajstić information content (AvgIpc) is 3.19. The monoisotopic (exact) mass is 496 g/mol. The van der Waals surface area contributed by atoms with Crippen LogP contribution in [-0.2, 0) is 32.6 Å². The number of hydrogen-bond donors (Lipinski definition) is 1. The summed E-state index contributed by atoms with van der Waals surface area (Å²) in [6, 6.07) is 5.11. The maximum Gasteiger partial charge on any atom is 0.417 e. The zero-order valence-electron chi connectivity index (χ0n) is 18.5. The Morgan fingerprint density at radius 3 is 2.53 bits per heavy atom. The lowest BCUT2D eigenvalue weighted by Crippen LogP contribution is -2.42. The molecule has 0 unspecified atom stereocenters. The first-order valence-electron chi connectivity index (χ1n) is 10.6. The van der Waals surface area contributed by atoms with Crippen LogP contribution in [0.5, 0.6) is 0 Å². The topological polar surface area (TPSA) is 114 Å². The SMILES string of the molecule is CO[C@H]1C[C@@H](S(=O)(=O)c2ccc(-c3cnn(C)c3)cc2C(F)(F)F)C[C@@H]1C(=O)NC1(C#N)CC1. The van der Waals surface area contributed by atoms with Gasteiger partial charge in [0.2, 0.25) is 5.91 Å². The Labute approximate surface area is 194 Å². The van der Waals surface area contributed by atoms with Gasteiger partial charge in [0.05, 0.1) is 40.0 Å². The summed E-state index contributed by atoms with van der Waals surface area (Å²) >= 11 is 0. The van der Waals surface area contributed by atoms with Gasteiger partial charge in [0, 0.05) is 25.9 Å². The van der Waals surface area contributed by atoms with Crippen LogP contribution in [0.4, 0.5) is 13.2 Å². The maximum absolute atomic E-state index is 13.9. The van der Waals surface area contributed by atoms with Gasteiger partial charge in [-0.1, -0.05) is 6.07 Å². The third-order valence-electron chi connectivity index (χ3n) is 6.50. The van der Waals surface area contributed by atoms with Gasteiger partial charge in [-0.2, -0.15) is 23.5 Å². The lowest BCUT2D eigenvalue weighted by atomic mass is 10.0. The minimum atomic E-state index is -4.91. The lowest BCUT2D eigenvalue weighted by Gasteiger charge is -2.19. The summed E-state index contributed by atoms with van der Waals surface area (Å²) in [7, 11) is -1.52. The van der Waals surface area contributed by atoms with Gasteiger partial charge in [0.1, 0.15) is 5.54 Å². The number of ether oxygens (including phenoxy) is 1. The first-order chi connectivity index (χ1) is 15.9. The van der Waals surface area contributed by atoms with E-state index in [9.17, 15) is 31.6 Å². The molecular weight excluding hydrogens is 473 g/mol. The van der Waals surface area contributed by atoms with Crippen molar-refractivity contribution in [1.29, 1.82) is 5.26 Å². The van der Waals surface area contributed by atoms with Gasteiger partial charge < -0.3 is 10.1 Å². The van der Waals surface area contributed by atoms with E-state index in [1.807, 2.05) is 6.07 Å². The Morgan fingerprint density at radius 1 is 1.29 bits per heavy atom. The van der Waals surface area contributed by atoms with E-state index in [2.05, 4.69) is 10.4 Å². The zero-order valence-corrected chi connectivity index (χ0v) is 19.3. The first-order valence-corrected chi connectivity index (χ1v) is 12.1. The molecule has 1 aromatic heterocycles. The first kappa shape index (κ1) is 24.2. The van der Waals surface area contributed by atoms with Crippen molar-refractivity contribution < 1.29 is 31.1 Å². The minimum absolute atomic E-state index is 0.127. The summed E-state index contributed by atoms with van der Waals surface area (Å²) in [6.07, 6.45) is -2.12. The highest BCUT2D eigenvalue weighted by Gasteiger charge is 2.51. The molecule has 0 aliphatic heterocycles. The molecular formula is C22H23F3N4O4S. The predicted octanol–water partition coefficient (Wildman–Crippen LogP) is 2.85. The van der Waals surface area contributed by atoms with E-state index < -0.39 is 55.2 Å². The number of aryl methyl sites for hydroxylation is 1. The number of alkyl halides is 3. The number of nitriles is 1. The molecule has 1 N–H and O–H groups in total. The number of sulfone groups is 1. The fraction of sp³-hybridized carbons (Fsp3) is 0.500. The number of rotatable bonds is 6. The van der Waals surface area contributed by atoms with Crippen molar-refractivity contribution in [1.82, 2.24) is 15.1 Å². The number of amides is 1. The number of carbonyl (C=O) groups is 1.